The summed E-state index contributed by atoms with van der Waals surface area (Å²) >= 11 is 0. The van der Waals surface area contributed by atoms with Crippen molar-refractivity contribution >= 4 is 34.9 Å². The fourth-order valence-corrected chi connectivity index (χ4v) is 3.86. The Balaban J connectivity index is 1.67. The minimum Gasteiger partial charge on any atom is -0.462 e. The Morgan fingerprint density at radius 2 is 1.93 bits per heavy atom. The molecule has 1 aliphatic rings. The molecule has 0 radical (unpaired) electrons. The molecular formula is C26H29N11O4. The molecule has 1 amide bonds. The normalized spacial score (nSPS) is 13.5. The molecule has 0 bridgehead atoms. The fraction of sp³-hybridized carbons (Fsp3) is 0.231. The second kappa shape index (κ2) is 12.4. The Hall–Kier alpha value is -5.78. The van der Waals surface area contributed by atoms with Crippen LogP contribution in [0.25, 0.3) is 0 Å². The Labute approximate surface area is 235 Å². The molecule has 4 rings (SSSR count). The number of rotatable bonds is 10. The van der Waals surface area contributed by atoms with Gasteiger partial charge in [-0.25, -0.2) is 0 Å². The smallest absolute Gasteiger partial charge is 0.328 e. The molecule has 1 unspecified atom stereocenters. The van der Waals surface area contributed by atoms with Crippen LogP contribution >= 0.6 is 0 Å². The van der Waals surface area contributed by atoms with Crippen molar-refractivity contribution in [3.63, 3.8) is 0 Å². The number of fused-ring (bicyclic) bond motifs is 1. The van der Waals surface area contributed by atoms with Crippen LogP contribution < -0.4 is 46.5 Å². The summed E-state index contributed by atoms with van der Waals surface area (Å²) in [6, 6.07) is 13.5. The van der Waals surface area contributed by atoms with Gasteiger partial charge in [0.1, 0.15) is 17.6 Å². The van der Waals surface area contributed by atoms with Crippen molar-refractivity contribution in [1.82, 2.24) is 15.3 Å². The minimum absolute atomic E-state index is 0.0358. The zero-order valence-corrected chi connectivity index (χ0v) is 22.3. The van der Waals surface area contributed by atoms with Gasteiger partial charge in [0.05, 0.1) is 11.3 Å². The molecule has 2 aromatic carbocycles. The van der Waals surface area contributed by atoms with Crippen molar-refractivity contribution in [1.29, 1.82) is 16.1 Å². The molecule has 3 aromatic rings. The third kappa shape index (κ3) is 7.20. The molecule has 41 heavy (non-hydrogen) atoms. The summed E-state index contributed by atoms with van der Waals surface area (Å²) in [7, 11) is 3.60. The summed E-state index contributed by atoms with van der Waals surface area (Å²) in [5.74, 6) is -0.143. The second-order valence-corrected chi connectivity index (χ2v) is 9.03. The number of carbonyl (C=O) groups is 1. The molecule has 2 heterocycles. The first-order chi connectivity index (χ1) is 19.6. The van der Waals surface area contributed by atoms with Crippen LogP contribution in [0, 0.1) is 22.1 Å². The molecule has 1 aromatic heterocycles. The van der Waals surface area contributed by atoms with Crippen LogP contribution in [0.15, 0.2) is 42.5 Å². The predicted molar refractivity (Wildman–Crippen MR) is 152 cm³/mol. The van der Waals surface area contributed by atoms with E-state index in [1.54, 1.807) is 61.5 Å². The van der Waals surface area contributed by atoms with Gasteiger partial charge in [-0.2, -0.15) is 15.2 Å². The van der Waals surface area contributed by atoms with Gasteiger partial charge in [-0.05, 0) is 37.1 Å². The van der Waals surface area contributed by atoms with Crippen molar-refractivity contribution in [2.75, 3.05) is 36.2 Å². The van der Waals surface area contributed by atoms with Gasteiger partial charge in [-0.1, -0.05) is 6.07 Å². The number of benzene rings is 2. The first-order valence-electron chi connectivity index (χ1n) is 12.4. The number of nitriles is 1. The lowest BCUT2D eigenvalue weighted by Crippen LogP contribution is -2.38. The van der Waals surface area contributed by atoms with Crippen LogP contribution in [-0.2, 0) is 4.79 Å². The van der Waals surface area contributed by atoms with E-state index in [0.29, 0.717) is 47.8 Å². The number of ether oxygens (including phenoxy) is 3. The van der Waals surface area contributed by atoms with E-state index in [-0.39, 0.29) is 35.4 Å². The first-order valence-corrected chi connectivity index (χ1v) is 12.4. The highest BCUT2D eigenvalue weighted by atomic mass is 16.5. The van der Waals surface area contributed by atoms with Crippen LogP contribution in [0.2, 0.25) is 0 Å². The van der Waals surface area contributed by atoms with Gasteiger partial charge in [-0.15, -0.1) is 0 Å². The molecule has 1 aliphatic heterocycles. The lowest BCUT2D eigenvalue weighted by molar-refractivity contribution is -0.124. The van der Waals surface area contributed by atoms with Gasteiger partial charge in [0.15, 0.2) is 23.7 Å². The van der Waals surface area contributed by atoms with Crippen molar-refractivity contribution < 1.29 is 19.0 Å². The molecule has 0 saturated carbocycles. The van der Waals surface area contributed by atoms with E-state index in [4.69, 9.17) is 36.5 Å². The van der Waals surface area contributed by atoms with Crippen LogP contribution in [-0.4, -0.2) is 54.5 Å². The zero-order valence-electron chi connectivity index (χ0n) is 22.3. The molecule has 0 saturated heterocycles. The SMILES string of the molecule is CN(C)c1cc(Oc2nc(Oc3cccc(NC(=N)N)c3)nc3c2NC(=O)C(CCCNC(=N)N)O3)ccc1C#N. The highest BCUT2D eigenvalue weighted by molar-refractivity contribution is 5.98. The van der Waals surface area contributed by atoms with Crippen LogP contribution in [0.4, 0.5) is 17.1 Å². The summed E-state index contributed by atoms with van der Waals surface area (Å²) in [6.45, 7) is 0.388. The highest BCUT2D eigenvalue weighted by Gasteiger charge is 2.33. The summed E-state index contributed by atoms with van der Waals surface area (Å²) < 4.78 is 17.9. The van der Waals surface area contributed by atoms with Crippen molar-refractivity contribution in [2.24, 2.45) is 11.5 Å². The molecular weight excluding hydrogens is 530 g/mol. The third-order valence-corrected chi connectivity index (χ3v) is 5.68. The van der Waals surface area contributed by atoms with Crippen LogP contribution in [0.5, 0.6) is 29.3 Å². The average Bonchev–Trinajstić information content (AvgIpc) is 2.91. The molecule has 0 aliphatic carbocycles. The number of anilines is 3. The lowest BCUT2D eigenvalue weighted by Gasteiger charge is -2.26. The number of carbonyl (C=O) groups excluding carboxylic acids is 1. The Morgan fingerprint density at radius 3 is 2.63 bits per heavy atom. The zero-order chi connectivity index (χ0) is 29.5. The van der Waals surface area contributed by atoms with Gasteiger partial charge in [0, 0.05) is 38.5 Å². The number of nitrogens with one attached hydrogen (secondary N) is 5. The topological polar surface area (TPSA) is 233 Å². The van der Waals surface area contributed by atoms with E-state index in [1.165, 1.54) is 0 Å². The van der Waals surface area contributed by atoms with Crippen LogP contribution in [0.3, 0.4) is 0 Å². The molecule has 0 fully saturated rings. The van der Waals surface area contributed by atoms with E-state index < -0.39 is 12.0 Å². The number of hydrogen-bond donors (Lipinski definition) is 7. The van der Waals surface area contributed by atoms with E-state index in [1.807, 2.05) is 0 Å². The van der Waals surface area contributed by atoms with Crippen LogP contribution in [0.1, 0.15) is 18.4 Å². The number of amides is 1. The number of guanidine groups is 2. The van der Waals surface area contributed by atoms with Gasteiger partial charge >= 0.3 is 6.01 Å². The Kier molecular flexibility index (Phi) is 8.53. The maximum atomic E-state index is 12.9. The highest BCUT2D eigenvalue weighted by Crippen LogP contribution is 2.41. The standard InChI is InChI=1S/C26H29N11O4/c1-37(2)18-12-17(9-8-14(18)13-27)39-22-20-23(41-19(21(38)34-20)7-4-10-32-24(28)29)36-26(35-22)40-16-6-3-5-15(11-16)33-25(30)31/h3,5-6,8-9,11-12,19H,4,7,10H2,1-2H3,(H,34,38)(H4,28,29,32)(H4,30,31,33). The third-order valence-electron chi connectivity index (χ3n) is 5.68. The summed E-state index contributed by atoms with van der Waals surface area (Å²) in [5.41, 5.74) is 12.4. The quantitative estimate of drug-likeness (QED) is 0.108. The largest absolute Gasteiger partial charge is 0.462 e. The van der Waals surface area contributed by atoms with E-state index in [2.05, 4.69) is 32.0 Å². The van der Waals surface area contributed by atoms with Crippen molar-refractivity contribution in [3.05, 3.63) is 48.0 Å². The van der Waals surface area contributed by atoms with Gasteiger partial charge < -0.3 is 46.5 Å². The minimum atomic E-state index is -0.870. The van der Waals surface area contributed by atoms with Gasteiger partial charge in [0.2, 0.25) is 5.88 Å². The number of nitrogens with zero attached hydrogens (tertiary/aromatic N) is 4. The fourth-order valence-electron chi connectivity index (χ4n) is 3.86. The van der Waals surface area contributed by atoms with E-state index >= 15 is 0 Å². The molecule has 212 valence electrons. The van der Waals surface area contributed by atoms with Crippen molar-refractivity contribution in [2.45, 2.75) is 18.9 Å². The number of nitrogens with two attached hydrogens (primary N) is 2. The average molecular weight is 560 g/mol. The first kappa shape index (κ1) is 28.2. The molecule has 15 heteroatoms. The summed E-state index contributed by atoms with van der Waals surface area (Å²) in [5, 5.41) is 32.3. The maximum Gasteiger partial charge on any atom is 0.328 e. The predicted octanol–water partition coefficient (Wildman–Crippen LogP) is 2.27. The molecule has 9 N–H and O–H groups in total. The van der Waals surface area contributed by atoms with Gasteiger partial charge in [0.25, 0.3) is 11.8 Å². The summed E-state index contributed by atoms with van der Waals surface area (Å²) in [6.07, 6.45) is -0.0489. The van der Waals surface area contributed by atoms with E-state index in [0.717, 1.165) is 0 Å². The monoisotopic (exact) mass is 559 g/mol. The molecule has 1 atom stereocenters. The Morgan fingerprint density at radius 1 is 1.15 bits per heavy atom. The second-order valence-electron chi connectivity index (χ2n) is 9.03. The van der Waals surface area contributed by atoms with E-state index in [9.17, 15) is 10.1 Å². The summed E-state index contributed by atoms with van der Waals surface area (Å²) in [4.78, 5) is 23.4. The lowest BCUT2D eigenvalue weighted by atomic mass is 10.1. The number of hydrogen-bond acceptors (Lipinski definition) is 10. The Bertz CT molecular complexity index is 1520. The molecule has 15 nitrogen and oxygen atoms in total. The van der Waals surface area contributed by atoms with Crippen molar-refractivity contribution in [3.8, 4) is 35.3 Å². The maximum absolute atomic E-state index is 12.9. The van der Waals surface area contributed by atoms with Gasteiger partial charge in [-0.3, -0.25) is 15.6 Å². The number of aromatic nitrogens is 2. The molecule has 0 spiro atoms.